The summed E-state index contributed by atoms with van der Waals surface area (Å²) < 4.78 is 67.8. The zero-order valence-electron chi connectivity index (χ0n) is 6.18. The number of halogens is 6. The second-order valence-corrected chi connectivity index (χ2v) is 2.03. The molecular weight excluding hydrogens is 201 g/mol. The molecule has 0 amide bonds. The molecule has 8 heteroatoms. The van der Waals surface area contributed by atoms with Gasteiger partial charge in [-0.3, -0.25) is 0 Å². The van der Waals surface area contributed by atoms with E-state index in [9.17, 15) is 31.4 Å². The van der Waals surface area contributed by atoms with Crippen molar-refractivity contribution in [2.75, 3.05) is 0 Å². The van der Waals surface area contributed by atoms with Crippen LogP contribution in [-0.2, 0) is 0 Å². The van der Waals surface area contributed by atoms with Gasteiger partial charge in [-0.2, -0.15) is 26.3 Å². The first-order valence-corrected chi connectivity index (χ1v) is 2.34. The van der Waals surface area contributed by atoms with Gasteiger partial charge in [0.15, 0.2) is 0 Å². The predicted molar refractivity (Wildman–Crippen MR) is 20.5 cm³/mol. The molecule has 0 atom stereocenters. The molecule has 12 heavy (non-hydrogen) atoms. The number of hydrogen-bond acceptors (Lipinski definition) is 1. The van der Waals surface area contributed by atoms with Crippen molar-refractivity contribution < 1.29 is 61.0 Å². The number of alkyl halides is 6. The summed E-state index contributed by atoms with van der Waals surface area (Å²) in [7, 11) is 0. The molecule has 0 radical (unpaired) electrons. The zero-order valence-corrected chi connectivity index (χ0v) is 8.18. The maximum absolute atomic E-state index is 11.3. The molecule has 68 valence electrons. The molecule has 0 spiro atoms. The summed E-state index contributed by atoms with van der Waals surface area (Å²) in [6, 6.07) is 0. The Morgan fingerprint density at radius 1 is 0.833 bits per heavy atom. The maximum Gasteiger partial charge on any atom is 1.00 e. The van der Waals surface area contributed by atoms with Crippen molar-refractivity contribution in [3.05, 3.63) is 0 Å². The Morgan fingerprint density at radius 2 is 1.00 bits per heavy atom. The maximum atomic E-state index is 11.3. The minimum absolute atomic E-state index is 0. The minimum Gasteiger partial charge on any atom is -0.837 e. The van der Waals surface area contributed by atoms with Gasteiger partial charge in [0, 0.05) is 0 Å². The van der Waals surface area contributed by atoms with Crippen LogP contribution in [0.15, 0.2) is 0 Å². The Hall–Kier alpha value is 0.540. The van der Waals surface area contributed by atoms with Gasteiger partial charge in [-0.25, -0.2) is 0 Å². The molecule has 0 heterocycles. The van der Waals surface area contributed by atoms with Crippen molar-refractivity contribution in [1.82, 2.24) is 0 Å². The van der Waals surface area contributed by atoms with Crippen molar-refractivity contribution in [2.24, 2.45) is 0 Å². The van der Waals surface area contributed by atoms with Crippen molar-refractivity contribution in [1.29, 1.82) is 0 Å². The standard InChI is InChI=1S/C4H3F6O.Na/c1-2(11,3(5,6)7)4(8,9)10;/h1H3;/q-1;+1. The number of hydrogen-bond donors (Lipinski definition) is 0. The first kappa shape index (κ1) is 15.0. The fourth-order valence-electron chi connectivity index (χ4n) is 0.161. The third kappa shape index (κ3) is 2.79. The second kappa shape index (κ2) is 3.73. The fourth-order valence-corrected chi connectivity index (χ4v) is 0.161. The van der Waals surface area contributed by atoms with E-state index < -0.39 is 24.9 Å². The zero-order chi connectivity index (χ0) is 9.50. The molecule has 0 N–H and O–H groups in total. The van der Waals surface area contributed by atoms with Gasteiger partial charge in [-0.1, -0.05) is 6.92 Å². The number of rotatable bonds is 0. The Labute approximate surface area is 86.0 Å². The van der Waals surface area contributed by atoms with E-state index in [0.29, 0.717) is 0 Å². The van der Waals surface area contributed by atoms with E-state index in [1.807, 2.05) is 0 Å². The van der Waals surface area contributed by atoms with Crippen molar-refractivity contribution >= 4 is 0 Å². The smallest absolute Gasteiger partial charge is 0.837 e. The van der Waals surface area contributed by atoms with E-state index in [1.165, 1.54) is 0 Å². The van der Waals surface area contributed by atoms with Gasteiger partial charge >= 0.3 is 41.9 Å². The van der Waals surface area contributed by atoms with Crippen LogP contribution >= 0.6 is 0 Å². The molecule has 0 unspecified atom stereocenters. The van der Waals surface area contributed by atoms with E-state index in [1.54, 1.807) is 0 Å². The Balaban J connectivity index is 0. The van der Waals surface area contributed by atoms with Gasteiger partial charge in [-0.15, -0.1) is 0 Å². The summed E-state index contributed by atoms with van der Waals surface area (Å²) in [5.41, 5.74) is -4.88. The third-order valence-corrected chi connectivity index (χ3v) is 1.08. The summed E-state index contributed by atoms with van der Waals surface area (Å²) >= 11 is 0. The Kier molecular flexibility index (Phi) is 4.67. The van der Waals surface area contributed by atoms with Gasteiger partial charge in [0.25, 0.3) is 0 Å². The van der Waals surface area contributed by atoms with E-state index in [-0.39, 0.29) is 29.6 Å². The molecule has 0 saturated carbocycles. The van der Waals surface area contributed by atoms with Gasteiger partial charge < -0.3 is 5.11 Å². The van der Waals surface area contributed by atoms with Crippen molar-refractivity contribution in [3.63, 3.8) is 0 Å². The van der Waals surface area contributed by atoms with Crippen LogP contribution in [0.25, 0.3) is 0 Å². The Morgan fingerprint density at radius 3 is 1.00 bits per heavy atom. The first-order chi connectivity index (χ1) is 4.50. The minimum atomic E-state index is -5.80. The molecule has 0 bridgehead atoms. The van der Waals surface area contributed by atoms with E-state index in [0.717, 1.165) is 0 Å². The molecule has 0 aliphatic rings. The molecule has 0 aliphatic heterocycles. The van der Waals surface area contributed by atoms with Gasteiger partial charge in [0.1, 0.15) is 0 Å². The molecule has 0 aromatic heterocycles. The van der Waals surface area contributed by atoms with Crippen LogP contribution in [-0.4, -0.2) is 18.0 Å². The largest absolute Gasteiger partial charge is 1.00 e. The molecule has 0 rings (SSSR count). The molecule has 0 aliphatic carbocycles. The predicted octanol–water partition coefficient (Wildman–Crippen LogP) is -1.77. The van der Waals surface area contributed by atoms with Crippen LogP contribution in [0, 0.1) is 0 Å². The van der Waals surface area contributed by atoms with Gasteiger partial charge in [0.2, 0.25) is 0 Å². The van der Waals surface area contributed by atoms with E-state index >= 15 is 0 Å². The van der Waals surface area contributed by atoms with Crippen LogP contribution in [0.1, 0.15) is 6.92 Å². The average Bonchev–Trinajstić information content (AvgIpc) is 1.58. The third-order valence-electron chi connectivity index (χ3n) is 1.08. The second-order valence-electron chi connectivity index (χ2n) is 2.03. The molecule has 0 aromatic rings. The Bertz CT molecular complexity index is 131. The van der Waals surface area contributed by atoms with Gasteiger partial charge in [-0.05, 0) is 0 Å². The van der Waals surface area contributed by atoms with Crippen molar-refractivity contribution in [2.45, 2.75) is 24.9 Å². The fraction of sp³-hybridized carbons (Fsp3) is 1.00. The monoisotopic (exact) mass is 204 g/mol. The summed E-state index contributed by atoms with van der Waals surface area (Å²) in [5.74, 6) is 0. The summed E-state index contributed by atoms with van der Waals surface area (Å²) in [4.78, 5) is 0. The molecule has 0 aromatic carbocycles. The summed E-state index contributed by atoms with van der Waals surface area (Å²) in [6.45, 7) is -0.451. The summed E-state index contributed by atoms with van der Waals surface area (Å²) in [6.07, 6.45) is -11.6. The van der Waals surface area contributed by atoms with Crippen LogP contribution in [0.5, 0.6) is 0 Å². The SMILES string of the molecule is CC([O-])(C(F)(F)F)C(F)(F)F.[Na+]. The van der Waals surface area contributed by atoms with Crippen LogP contribution in [0.3, 0.4) is 0 Å². The van der Waals surface area contributed by atoms with Crippen LogP contribution in [0.2, 0.25) is 0 Å². The first-order valence-electron chi connectivity index (χ1n) is 2.34. The van der Waals surface area contributed by atoms with Gasteiger partial charge in [0.05, 0.1) is 5.60 Å². The van der Waals surface area contributed by atoms with E-state index in [4.69, 9.17) is 0 Å². The topological polar surface area (TPSA) is 23.1 Å². The van der Waals surface area contributed by atoms with Crippen LogP contribution in [0.4, 0.5) is 26.3 Å². The molecule has 0 saturated heterocycles. The van der Waals surface area contributed by atoms with Crippen LogP contribution < -0.4 is 34.7 Å². The summed E-state index contributed by atoms with van der Waals surface area (Å²) in [5, 5.41) is 9.90. The molecule has 0 fully saturated rings. The molecular formula is C4H3F6NaO. The van der Waals surface area contributed by atoms with Crippen molar-refractivity contribution in [3.8, 4) is 0 Å². The normalized spacial score (nSPS) is 14.0. The average molecular weight is 204 g/mol. The van der Waals surface area contributed by atoms with E-state index in [2.05, 4.69) is 0 Å². The quantitative estimate of drug-likeness (QED) is 0.338. The molecule has 1 nitrogen and oxygen atoms in total.